The van der Waals surface area contributed by atoms with Gasteiger partial charge >= 0.3 is 0 Å². The minimum absolute atomic E-state index is 0.253. The quantitative estimate of drug-likeness (QED) is 0.753. The van der Waals surface area contributed by atoms with Gasteiger partial charge in [-0.3, -0.25) is 9.59 Å². The molecule has 0 spiro atoms. The zero-order chi connectivity index (χ0) is 20.5. The van der Waals surface area contributed by atoms with E-state index in [9.17, 15) is 9.59 Å². The zero-order valence-electron chi connectivity index (χ0n) is 18.0. The van der Waals surface area contributed by atoms with Crippen LogP contribution < -0.4 is 0 Å². The van der Waals surface area contributed by atoms with Crippen molar-refractivity contribution in [1.82, 2.24) is 19.6 Å². The number of rotatable bonds is 4. The van der Waals surface area contributed by atoms with E-state index in [4.69, 9.17) is 0 Å². The van der Waals surface area contributed by atoms with Crippen molar-refractivity contribution >= 4 is 11.8 Å². The predicted octanol–water partition coefficient (Wildman–Crippen LogP) is 1.38. The number of benzene rings is 1. The van der Waals surface area contributed by atoms with E-state index in [-0.39, 0.29) is 11.8 Å². The molecule has 30 heavy (non-hydrogen) atoms. The van der Waals surface area contributed by atoms with Crippen molar-refractivity contribution < 1.29 is 9.59 Å². The van der Waals surface area contributed by atoms with Crippen molar-refractivity contribution in [2.45, 2.75) is 50.6 Å². The van der Waals surface area contributed by atoms with Gasteiger partial charge in [0.05, 0.1) is 12.8 Å². The Morgan fingerprint density at radius 2 is 0.967 bits per heavy atom. The molecule has 1 aromatic carbocycles. The summed E-state index contributed by atoms with van der Waals surface area (Å²) in [4.78, 5) is 35.0. The van der Waals surface area contributed by atoms with E-state index in [0.717, 1.165) is 89.2 Å². The molecule has 6 heterocycles. The summed E-state index contributed by atoms with van der Waals surface area (Å²) in [5, 5.41) is 0. The maximum atomic E-state index is 12.9. The number of carbonyl (C=O) groups excluding carboxylic acids is 2. The van der Waals surface area contributed by atoms with Gasteiger partial charge in [-0.15, -0.1) is 0 Å². The Morgan fingerprint density at radius 1 is 0.600 bits per heavy atom. The Morgan fingerprint density at radius 3 is 1.33 bits per heavy atom. The summed E-state index contributed by atoms with van der Waals surface area (Å²) in [6.07, 6.45) is 5.39. The number of nitrogens with zero attached hydrogens (tertiary/aromatic N) is 4. The second kappa shape index (κ2) is 8.67. The monoisotopic (exact) mass is 410 g/mol. The molecule has 6 nitrogen and oxygen atoms in total. The minimum atomic E-state index is 0.253. The van der Waals surface area contributed by atoms with Gasteiger partial charge in [-0.25, -0.2) is 0 Å². The maximum Gasteiger partial charge on any atom is 0.227 e. The zero-order valence-corrected chi connectivity index (χ0v) is 18.0. The van der Waals surface area contributed by atoms with Crippen molar-refractivity contribution in [2.24, 2.45) is 0 Å². The third-order valence-electron chi connectivity index (χ3n) is 7.68. The first-order valence-electron chi connectivity index (χ1n) is 11.8. The lowest BCUT2D eigenvalue weighted by Crippen LogP contribution is -2.42. The third kappa shape index (κ3) is 4.26. The molecule has 0 aliphatic carbocycles. The first kappa shape index (κ1) is 20.0. The normalized spacial score (nSPS) is 30.8. The SMILES string of the molecule is O=C(Cc1ccc(CC(=O)N2CCN3CCC2CC3)cc1)N1CCN2CCC1CC2. The highest BCUT2D eigenvalue weighted by Gasteiger charge is 2.32. The van der Waals surface area contributed by atoms with Crippen molar-refractivity contribution in [2.75, 3.05) is 52.4 Å². The summed E-state index contributed by atoms with van der Waals surface area (Å²) in [5.41, 5.74) is 2.10. The molecule has 4 bridgehead atoms. The van der Waals surface area contributed by atoms with E-state index in [1.807, 2.05) is 24.3 Å². The Bertz CT molecular complexity index is 699. The van der Waals surface area contributed by atoms with Gasteiger partial charge in [-0.1, -0.05) is 24.3 Å². The van der Waals surface area contributed by atoms with E-state index < -0.39 is 0 Å². The molecule has 6 aliphatic heterocycles. The lowest BCUT2D eigenvalue weighted by Gasteiger charge is -2.31. The summed E-state index contributed by atoms with van der Waals surface area (Å²) in [6.45, 7) is 8.28. The summed E-state index contributed by atoms with van der Waals surface area (Å²) in [5.74, 6) is 0.505. The molecule has 6 saturated heterocycles. The Hall–Kier alpha value is -1.92. The van der Waals surface area contributed by atoms with Crippen LogP contribution in [0.15, 0.2) is 24.3 Å². The third-order valence-corrected chi connectivity index (χ3v) is 7.68. The second-order valence-corrected chi connectivity index (χ2v) is 9.49. The average Bonchev–Trinajstić information content (AvgIpc) is 3.27. The van der Waals surface area contributed by atoms with E-state index in [1.165, 1.54) is 0 Å². The van der Waals surface area contributed by atoms with Crippen LogP contribution in [0.2, 0.25) is 0 Å². The first-order valence-corrected chi connectivity index (χ1v) is 11.8. The smallest absolute Gasteiger partial charge is 0.227 e. The van der Waals surface area contributed by atoms with Crippen LogP contribution in [0.3, 0.4) is 0 Å². The highest BCUT2D eigenvalue weighted by atomic mass is 16.2. The highest BCUT2D eigenvalue weighted by molar-refractivity contribution is 5.80. The average molecular weight is 411 g/mol. The summed E-state index contributed by atoms with van der Waals surface area (Å²) < 4.78 is 0. The standard InChI is InChI=1S/C24H34N4O2/c29-23(27-15-13-25-9-5-21(27)6-10-25)17-19-1-2-20(4-3-19)18-24(30)28-16-14-26-11-7-22(28)8-12-26/h1-4,21-22H,5-18H2. The van der Waals surface area contributed by atoms with Crippen molar-refractivity contribution in [3.8, 4) is 0 Å². The lowest BCUT2D eigenvalue weighted by atomic mass is 10.0. The van der Waals surface area contributed by atoms with Crippen LogP contribution in [-0.2, 0) is 22.4 Å². The number of amides is 2. The van der Waals surface area contributed by atoms with Crippen LogP contribution in [-0.4, -0.2) is 95.9 Å². The number of fused-ring (bicyclic) bond motifs is 8. The van der Waals surface area contributed by atoms with Gasteiger partial charge in [0.15, 0.2) is 0 Å². The largest absolute Gasteiger partial charge is 0.338 e. The fraction of sp³-hybridized carbons (Fsp3) is 0.667. The molecule has 6 fully saturated rings. The predicted molar refractivity (Wildman–Crippen MR) is 116 cm³/mol. The second-order valence-electron chi connectivity index (χ2n) is 9.49. The Balaban J connectivity index is 1.17. The van der Waals surface area contributed by atoms with Crippen LogP contribution in [0.25, 0.3) is 0 Å². The topological polar surface area (TPSA) is 47.1 Å². The number of carbonyl (C=O) groups is 2. The van der Waals surface area contributed by atoms with E-state index in [2.05, 4.69) is 19.6 Å². The van der Waals surface area contributed by atoms with E-state index in [1.54, 1.807) is 0 Å². The molecule has 1 aromatic rings. The fourth-order valence-electron chi connectivity index (χ4n) is 5.76. The number of hydrogen-bond acceptors (Lipinski definition) is 4. The van der Waals surface area contributed by atoms with Crippen LogP contribution in [0.5, 0.6) is 0 Å². The minimum Gasteiger partial charge on any atom is -0.338 e. The van der Waals surface area contributed by atoms with Crippen LogP contribution >= 0.6 is 0 Å². The van der Waals surface area contributed by atoms with Crippen LogP contribution in [0, 0.1) is 0 Å². The first-order chi connectivity index (χ1) is 14.7. The van der Waals surface area contributed by atoms with Gasteiger partial charge in [-0.2, -0.15) is 0 Å². The van der Waals surface area contributed by atoms with E-state index in [0.29, 0.717) is 24.9 Å². The maximum absolute atomic E-state index is 12.9. The molecule has 0 saturated carbocycles. The fourth-order valence-corrected chi connectivity index (χ4v) is 5.76. The molecule has 6 aliphatic rings. The van der Waals surface area contributed by atoms with Gasteiger partial charge in [0.25, 0.3) is 0 Å². The summed E-state index contributed by atoms with van der Waals surface area (Å²) in [7, 11) is 0. The van der Waals surface area contributed by atoms with Gasteiger partial charge in [0.1, 0.15) is 0 Å². The van der Waals surface area contributed by atoms with Gasteiger partial charge in [-0.05, 0) is 36.8 Å². The molecule has 0 radical (unpaired) electrons. The van der Waals surface area contributed by atoms with Crippen LogP contribution in [0.4, 0.5) is 0 Å². The Kier molecular flexibility index (Phi) is 5.79. The lowest BCUT2D eigenvalue weighted by molar-refractivity contribution is -0.133. The number of hydrogen-bond donors (Lipinski definition) is 0. The number of piperidine rings is 2. The highest BCUT2D eigenvalue weighted by Crippen LogP contribution is 2.23. The molecule has 162 valence electrons. The van der Waals surface area contributed by atoms with E-state index >= 15 is 0 Å². The summed E-state index contributed by atoms with van der Waals surface area (Å²) >= 11 is 0. The molecule has 0 N–H and O–H groups in total. The molecular weight excluding hydrogens is 376 g/mol. The molecule has 2 amide bonds. The molecule has 0 aromatic heterocycles. The van der Waals surface area contributed by atoms with Gasteiger partial charge in [0.2, 0.25) is 11.8 Å². The van der Waals surface area contributed by atoms with Crippen molar-refractivity contribution in [3.63, 3.8) is 0 Å². The van der Waals surface area contributed by atoms with Gasteiger partial charge < -0.3 is 19.6 Å². The molecule has 0 unspecified atom stereocenters. The van der Waals surface area contributed by atoms with Crippen molar-refractivity contribution in [3.05, 3.63) is 35.4 Å². The molecule has 7 rings (SSSR count). The molecule has 6 heteroatoms. The van der Waals surface area contributed by atoms with Crippen molar-refractivity contribution in [1.29, 1.82) is 0 Å². The molecular formula is C24H34N4O2. The van der Waals surface area contributed by atoms with Gasteiger partial charge in [0, 0.05) is 64.4 Å². The Labute approximate surface area is 179 Å². The summed E-state index contributed by atoms with van der Waals surface area (Å²) in [6, 6.07) is 9.01. The molecule has 0 atom stereocenters. The van der Waals surface area contributed by atoms with Crippen LogP contribution in [0.1, 0.15) is 36.8 Å².